The molecule has 7 nitrogen and oxygen atoms in total. The van der Waals surface area contributed by atoms with Crippen molar-refractivity contribution in [2.75, 3.05) is 6.61 Å². The zero-order chi connectivity index (χ0) is 24.4. The summed E-state index contributed by atoms with van der Waals surface area (Å²) in [5.74, 6) is -5.04. The van der Waals surface area contributed by atoms with Crippen LogP contribution in [0.15, 0.2) is 30.3 Å². The van der Waals surface area contributed by atoms with Crippen molar-refractivity contribution in [2.45, 2.75) is 38.3 Å². The first-order valence-corrected chi connectivity index (χ1v) is 10.7. The van der Waals surface area contributed by atoms with Crippen molar-refractivity contribution in [3.63, 3.8) is 0 Å². The number of H-pyrrole nitrogens is 1. The average Bonchev–Trinajstić information content (AvgIpc) is 3.19. The number of hydrogen-bond donors (Lipinski definition) is 2. The number of aromatic nitrogens is 2. The summed E-state index contributed by atoms with van der Waals surface area (Å²) in [4.78, 5) is 33.2. The molecule has 0 radical (unpaired) electrons. The van der Waals surface area contributed by atoms with Crippen LogP contribution in [0, 0.1) is 29.2 Å². The highest BCUT2D eigenvalue weighted by Crippen LogP contribution is 2.29. The van der Waals surface area contributed by atoms with E-state index in [-0.39, 0.29) is 41.2 Å². The van der Waals surface area contributed by atoms with E-state index in [1.54, 1.807) is 0 Å². The third kappa shape index (κ3) is 5.13. The number of nitrogens with zero attached hydrogens (tertiary/aromatic N) is 2. The predicted octanol–water partition coefficient (Wildman–Crippen LogP) is 3.57. The van der Waals surface area contributed by atoms with E-state index < -0.39 is 35.8 Å². The van der Waals surface area contributed by atoms with Crippen LogP contribution >= 0.6 is 0 Å². The first-order chi connectivity index (χ1) is 16.2. The fraction of sp³-hybridized carbons (Fsp3) is 0.348. The Hall–Kier alpha value is -3.63. The molecule has 180 valence electrons. The molecule has 2 aromatic carbocycles. The highest BCUT2D eigenvalue weighted by Gasteiger charge is 2.31. The van der Waals surface area contributed by atoms with Crippen molar-refractivity contribution in [3.05, 3.63) is 59.4 Å². The molecule has 34 heavy (non-hydrogen) atoms. The Kier molecular flexibility index (Phi) is 6.71. The molecule has 11 heteroatoms. The van der Waals surface area contributed by atoms with Gasteiger partial charge < -0.3 is 20.4 Å². The number of amides is 2. The number of primary amides is 1. The standard InChI is InChI=1S/C23H22F4N4O3/c24-15-6-5-14(7-16(15)25)34-11-22(32)31(13-3-1-12(2-4-13)23(28)33)10-21-29-19-8-17(26)18(27)9-20(19)30-21/h5-9,12-13H,1-4,10-11H2,(H2,28,33)(H,29,30). The number of benzene rings is 2. The Morgan fingerprint density at radius 3 is 2.35 bits per heavy atom. The fourth-order valence-electron chi connectivity index (χ4n) is 4.18. The maximum Gasteiger partial charge on any atom is 0.261 e. The molecule has 1 aromatic heterocycles. The van der Waals surface area contributed by atoms with Gasteiger partial charge in [-0.3, -0.25) is 9.59 Å². The second-order valence-corrected chi connectivity index (χ2v) is 8.26. The SMILES string of the molecule is NC(=O)C1CCC(N(Cc2nc3cc(F)c(F)cc3[nH]2)C(=O)COc2ccc(F)c(F)c2)CC1. The molecule has 4 rings (SSSR count). The number of ether oxygens (including phenoxy) is 1. The van der Waals surface area contributed by atoms with Crippen LogP contribution in [0.5, 0.6) is 5.75 Å². The molecule has 3 N–H and O–H groups in total. The van der Waals surface area contributed by atoms with Crippen molar-refractivity contribution in [1.82, 2.24) is 14.9 Å². The number of nitrogens with two attached hydrogens (primary N) is 1. The van der Waals surface area contributed by atoms with E-state index in [9.17, 15) is 27.2 Å². The highest BCUT2D eigenvalue weighted by molar-refractivity contribution is 5.79. The van der Waals surface area contributed by atoms with Crippen LogP contribution < -0.4 is 10.5 Å². The van der Waals surface area contributed by atoms with Gasteiger partial charge in [0, 0.05) is 30.2 Å². The van der Waals surface area contributed by atoms with Crippen LogP contribution in [0.1, 0.15) is 31.5 Å². The van der Waals surface area contributed by atoms with Gasteiger partial charge in [-0.05, 0) is 37.8 Å². The summed E-state index contributed by atoms with van der Waals surface area (Å²) in [6.45, 7) is -0.464. The topological polar surface area (TPSA) is 101 Å². The van der Waals surface area contributed by atoms with E-state index in [0.717, 1.165) is 24.3 Å². The van der Waals surface area contributed by atoms with Crippen molar-refractivity contribution in [1.29, 1.82) is 0 Å². The van der Waals surface area contributed by atoms with Crippen LogP contribution in [0.4, 0.5) is 17.6 Å². The monoisotopic (exact) mass is 478 g/mol. The zero-order valence-electron chi connectivity index (χ0n) is 18.0. The number of fused-ring (bicyclic) bond motifs is 1. The average molecular weight is 478 g/mol. The minimum atomic E-state index is -1.10. The van der Waals surface area contributed by atoms with Gasteiger partial charge in [-0.2, -0.15) is 0 Å². The molecule has 0 unspecified atom stereocenters. The molecular formula is C23H22F4N4O3. The lowest BCUT2D eigenvalue weighted by Crippen LogP contribution is -2.45. The Morgan fingerprint density at radius 1 is 1.00 bits per heavy atom. The first kappa shape index (κ1) is 23.5. The minimum Gasteiger partial charge on any atom is -0.484 e. The number of nitrogens with one attached hydrogen (secondary N) is 1. The smallest absolute Gasteiger partial charge is 0.261 e. The summed E-state index contributed by atoms with van der Waals surface area (Å²) >= 11 is 0. The van der Waals surface area contributed by atoms with Crippen LogP contribution in [0.25, 0.3) is 11.0 Å². The first-order valence-electron chi connectivity index (χ1n) is 10.7. The normalized spacial score (nSPS) is 18.1. The Bertz CT molecular complexity index is 1190. The van der Waals surface area contributed by atoms with E-state index in [0.29, 0.717) is 31.5 Å². The van der Waals surface area contributed by atoms with E-state index in [1.807, 2.05) is 0 Å². The molecule has 2 amide bonds. The number of aromatic amines is 1. The fourth-order valence-corrected chi connectivity index (χ4v) is 4.18. The van der Waals surface area contributed by atoms with Crippen LogP contribution in [-0.4, -0.2) is 39.3 Å². The molecule has 3 aromatic rings. The lowest BCUT2D eigenvalue weighted by molar-refractivity contribution is -0.137. The predicted molar refractivity (Wildman–Crippen MR) is 113 cm³/mol. The second kappa shape index (κ2) is 9.70. The third-order valence-electron chi connectivity index (χ3n) is 6.01. The van der Waals surface area contributed by atoms with Crippen molar-refractivity contribution >= 4 is 22.8 Å². The molecule has 1 aliphatic carbocycles. The van der Waals surface area contributed by atoms with E-state index in [4.69, 9.17) is 10.5 Å². The molecule has 0 atom stereocenters. The molecule has 0 spiro atoms. The van der Waals surface area contributed by atoms with Crippen molar-refractivity contribution in [3.8, 4) is 5.75 Å². The Morgan fingerprint density at radius 2 is 1.68 bits per heavy atom. The van der Waals surface area contributed by atoms with Crippen LogP contribution in [0.3, 0.4) is 0 Å². The number of carbonyl (C=O) groups excluding carboxylic acids is 2. The van der Waals surface area contributed by atoms with E-state index >= 15 is 0 Å². The molecule has 1 saturated carbocycles. The number of imidazole rings is 1. The number of rotatable bonds is 7. The van der Waals surface area contributed by atoms with Gasteiger partial charge in [-0.15, -0.1) is 0 Å². The number of hydrogen-bond acceptors (Lipinski definition) is 4. The summed E-state index contributed by atoms with van der Waals surface area (Å²) in [6.07, 6.45) is 2.02. The molecule has 0 aliphatic heterocycles. The molecular weight excluding hydrogens is 456 g/mol. The van der Waals surface area contributed by atoms with E-state index in [1.165, 1.54) is 11.0 Å². The van der Waals surface area contributed by atoms with Gasteiger partial charge in [0.1, 0.15) is 11.6 Å². The summed E-state index contributed by atoms with van der Waals surface area (Å²) in [5.41, 5.74) is 5.88. The third-order valence-corrected chi connectivity index (χ3v) is 6.01. The molecule has 0 saturated heterocycles. The maximum absolute atomic E-state index is 13.6. The number of carbonyl (C=O) groups is 2. The van der Waals surface area contributed by atoms with Gasteiger partial charge in [-0.25, -0.2) is 22.5 Å². The van der Waals surface area contributed by atoms with Crippen molar-refractivity contribution < 1.29 is 31.9 Å². The summed E-state index contributed by atoms with van der Waals surface area (Å²) in [6, 6.07) is 4.62. The maximum atomic E-state index is 13.6. The molecule has 1 fully saturated rings. The van der Waals surface area contributed by atoms with Gasteiger partial charge in [0.05, 0.1) is 17.6 Å². The molecule has 0 bridgehead atoms. The molecule has 1 aliphatic rings. The Labute approximate surface area is 191 Å². The zero-order valence-corrected chi connectivity index (χ0v) is 18.0. The van der Waals surface area contributed by atoms with Gasteiger partial charge in [0.25, 0.3) is 5.91 Å². The van der Waals surface area contributed by atoms with Crippen LogP contribution in [0.2, 0.25) is 0 Å². The minimum absolute atomic E-state index is 0.0101. The summed E-state index contributed by atoms with van der Waals surface area (Å²) in [7, 11) is 0. The largest absolute Gasteiger partial charge is 0.484 e. The lowest BCUT2D eigenvalue weighted by atomic mass is 9.85. The molecule has 1 heterocycles. The quantitative estimate of drug-likeness (QED) is 0.507. The van der Waals surface area contributed by atoms with Gasteiger partial charge in [0.2, 0.25) is 5.91 Å². The van der Waals surface area contributed by atoms with E-state index in [2.05, 4.69) is 9.97 Å². The van der Waals surface area contributed by atoms with Crippen LogP contribution in [-0.2, 0) is 16.1 Å². The summed E-state index contributed by atoms with van der Waals surface area (Å²) in [5, 5.41) is 0. The van der Waals surface area contributed by atoms with Gasteiger partial charge >= 0.3 is 0 Å². The van der Waals surface area contributed by atoms with Gasteiger partial charge in [-0.1, -0.05) is 0 Å². The Balaban J connectivity index is 1.53. The second-order valence-electron chi connectivity index (χ2n) is 8.26. The summed E-state index contributed by atoms with van der Waals surface area (Å²) < 4.78 is 59.1. The van der Waals surface area contributed by atoms with Gasteiger partial charge in [0.15, 0.2) is 29.9 Å². The van der Waals surface area contributed by atoms with Crippen molar-refractivity contribution in [2.24, 2.45) is 11.7 Å². The number of halogens is 4. The lowest BCUT2D eigenvalue weighted by Gasteiger charge is -2.35. The highest BCUT2D eigenvalue weighted by atomic mass is 19.2.